The van der Waals surface area contributed by atoms with Crippen LogP contribution in [0.1, 0.15) is 71.1 Å². The number of carbonyl (C=O) groups excluding carboxylic acids is 1. The van der Waals surface area contributed by atoms with Gasteiger partial charge in [-0.25, -0.2) is 0 Å². The molecule has 126 valence electrons. The number of ether oxygens (including phenoxy) is 2. The Balaban J connectivity index is 1.27. The summed E-state index contributed by atoms with van der Waals surface area (Å²) in [7, 11) is 0. The van der Waals surface area contributed by atoms with Gasteiger partial charge in [0, 0.05) is 6.92 Å². The molecule has 0 aromatic carbocycles. The number of aliphatic hydroxyl groups is 1. The van der Waals surface area contributed by atoms with E-state index in [1.54, 1.807) is 0 Å². The molecule has 0 amide bonds. The molecule has 2 saturated carbocycles. The molecule has 1 heterocycles. The lowest BCUT2D eigenvalue weighted by molar-refractivity contribution is -0.156. The topological polar surface area (TPSA) is 59.1 Å². The Hall–Kier alpha value is -0.610. The normalized spacial score (nSPS) is 40.8. The van der Waals surface area contributed by atoms with Gasteiger partial charge in [0.2, 0.25) is 0 Å². The highest BCUT2D eigenvalue weighted by atomic mass is 16.6. The molecule has 0 spiro atoms. The Morgan fingerprint density at radius 3 is 2.36 bits per heavy atom. The van der Waals surface area contributed by atoms with Gasteiger partial charge in [0.15, 0.2) is 0 Å². The van der Waals surface area contributed by atoms with E-state index in [4.69, 9.17) is 9.47 Å². The van der Waals surface area contributed by atoms with Gasteiger partial charge >= 0.3 is 5.97 Å². The van der Waals surface area contributed by atoms with Crippen LogP contribution in [0.25, 0.3) is 0 Å². The number of carbonyl (C=O) groups is 1. The van der Waals surface area contributed by atoms with Crippen molar-refractivity contribution in [2.24, 2.45) is 11.8 Å². The summed E-state index contributed by atoms with van der Waals surface area (Å²) in [6.07, 6.45) is 12.2. The molecule has 3 fully saturated rings. The highest BCUT2D eigenvalue weighted by molar-refractivity contribution is 5.66. The molecule has 22 heavy (non-hydrogen) atoms. The fourth-order valence-electron chi connectivity index (χ4n) is 4.43. The van der Waals surface area contributed by atoms with E-state index in [1.165, 1.54) is 51.9 Å². The molecule has 0 aromatic rings. The lowest BCUT2D eigenvalue weighted by Crippen LogP contribution is -2.36. The molecule has 2 aliphatic carbocycles. The number of hydrogen-bond acceptors (Lipinski definition) is 4. The lowest BCUT2D eigenvalue weighted by atomic mass is 9.81. The third-order valence-electron chi connectivity index (χ3n) is 5.77. The molecule has 3 rings (SSSR count). The molecular weight excluding hydrogens is 280 g/mol. The van der Waals surface area contributed by atoms with Crippen molar-refractivity contribution in [2.45, 2.75) is 95.5 Å². The summed E-state index contributed by atoms with van der Waals surface area (Å²) in [4.78, 5) is 11.0. The summed E-state index contributed by atoms with van der Waals surface area (Å²) in [5, 5.41) is 10.1. The third-order valence-corrected chi connectivity index (χ3v) is 5.77. The van der Waals surface area contributed by atoms with E-state index in [-0.39, 0.29) is 12.1 Å². The summed E-state index contributed by atoms with van der Waals surface area (Å²) in [6, 6.07) is 0. The molecule has 6 unspecified atom stereocenters. The van der Waals surface area contributed by atoms with Crippen molar-refractivity contribution in [2.75, 3.05) is 0 Å². The maximum absolute atomic E-state index is 11.0. The van der Waals surface area contributed by atoms with Gasteiger partial charge in [0.25, 0.3) is 0 Å². The summed E-state index contributed by atoms with van der Waals surface area (Å²) in [6.45, 7) is 1.42. The van der Waals surface area contributed by atoms with E-state index in [9.17, 15) is 9.90 Å². The van der Waals surface area contributed by atoms with E-state index in [2.05, 4.69) is 0 Å². The molecule has 0 aromatic heterocycles. The van der Waals surface area contributed by atoms with Gasteiger partial charge in [-0.15, -0.1) is 0 Å². The number of hydrogen-bond donors (Lipinski definition) is 1. The van der Waals surface area contributed by atoms with Crippen molar-refractivity contribution in [1.82, 2.24) is 0 Å². The number of aliphatic hydroxyl groups excluding tert-OH is 1. The number of fused-ring (bicyclic) bond motifs is 1. The van der Waals surface area contributed by atoms with Crippen molar-refractivity contribution >= 4 is 5.97 Å². The minimum absolute atomic E-state index is 0.275. The molecule has 1 saturated heterocycles. The molecule has 1 N–H and O–H groups in total. The van der Waals surface area contributed by atoms with Gasteiger partial charge in [0.1, 0.15) is 6.10 Å². The predicted molar refractivity (Wildman–Crippen MR) is 83.4 cm³/mol. The monoisotopic (exact) mass is 310 g/mol. The van der Waals surface area contributed by atoms with Crippen LogP contribution in [-0.2, 0) is 14.3 Å². The van der Waals surface area contributed by atoms with Crippen molar-refractivity contribution in [3.63, 3.8) is 0 Å². The second-order valence-electron chi connectivity index (χ2n) is 7.57. The van der Waals surface area contributed by atoms with Crippen LogP contribution in [0, 0.1) is 11.8 Å². The van der Waals surface area contributed by atoms with Crippen molar-refractivity contribution in [1.29, 1.82) is 0 Å². The number of rotatable bonds is 6. The van der Waals surface area contributed by atoms with Gasteiger partial charge in [-0.3, -0.25) is 4.79 Å². The fourth-order valence-corrected chi connectivity index (χ4v) is 4.43. The molecule has 0 radical (unpaired) electrons. The lowest BCUT2D eigenvalue weighted by Gasteiger charge is -2.32. The third kappa shape index (κ3) is 4.45. The first kappa shape index (κ1) is 16.3. The van der Waals surface area contributed by atoms with Crippen LogP contribution in [0.15, 0.2) is 0 Å². The maximum atomic E-state index is 11.0. The van der Waals surface area contributed by atoms with Crippen LogP contribution in [0.5, 0.6) is 0 Å². The van der Waals surface area contributed by atoms with Gasteiger partial charge in [-0.1, -0.05) is 25.7 Å². The number of epoxide rings is 1. The SMILES string of the molecule is CC(=O)OC1CCC(CCCCC2CCC3OC3C2)CC1O. The molecule has 1 aliphatic heterocycles. The van der Waals surface area contributed by atoms with Crippen LogP contribution in [0.4, 0.5) is 0 Å². The first-order valence-corrected chi connectivity index (χ1v) is 9.12. The average Bonchev–Trinajstić information content (AvgIpc) is 3.24. The number of unbranched alkanes of at least 4 members (excludes halogenated alkanes) is 1. The predicted octanol–water partition coefficient (Wildman–Crippen LogP) is 3.21. The Kier molecular flexibility index (Phi) is 5.40. The quantitative estimate of drug-likeness (QED) is 0.465. The average molecular weight is 310 g/mol. The van der Waals surface area contributed by atoms with E-state index in [0.717, 1.165) is 25.2 Å². The maximum Gasteiger partial charge on any atom is 0.302 e. The molecule has 3 aliphatic rings. The molecule has 4 heteroatoms. The van der Waals surface area contributed by atoms with Gasteiger partial charge in [-0.2, -0.15) is 0 Å². The fraction of sp³-hybridized carbons (Fsp3) is 0.944. The minimum Gasteiger partial charge on any atom is -0.460 e. The summed E-state index contributed by atoms with van der Waals surface area (Å²) in [5.74, 6) is 1.20. The van der Waals surface area contributed by atoms with E-state index < -0.39 is 6.10 Å². The molecule has 4 nitrogen and oxygen atoms in total. The zero-order chi connectivity index (χ0) is 15.5. The van der Waals surface area contributed by atoms with Crippen molar-refractivity contribution in [3.05, 3.63) is 0 Å². The van der Waals surface area contributed by atoms with Crippen LogP contribution < -0.4 is 0 Å². The first-order valence-electron chi connectivity index (χ1n) is 9.12. The van der Waals surface area contributed by atoms with Crippen LogP contribution in [0.3, 0.4) is 0 Å². The van der Waals surface area contributed by atoms with Crippen molar-refractivity contribution in [3.8, 4) is 0 Å². The zero-order valence-corrected chi connectivity index (χ0v) is 13.7. The van der Waals surface area contributed by atoms with Crippen molar-refractivity contribution < 1.29 is 19.4 Å². The highest BCUT2D eigenvalue weighted by Crippen LogP contribution is 2.41. The molecular formula is C18H30O4. The second-order valence-corrected chi connectivity index (χ2v) is 7.57. The summed E-state index contributed by atoms with van der Waals surface area (Å²) >= 11 is 0. The zero-order valence-electron chi connectivity index (χ0n) is 13.7. The standard InChI is InChI=1S/C18H30O4/c1-12(19)21-16-8-6-13(10-15(16)20)4-2-3-5-14-7-9-17-18(11-14)22-17/h13-18,20H,2-11H2,1H3. The second kappa shape index (κ2) is 7.31. The van der Waals surface area contributed by atoms with E-state index in [1.807, 2.05) is 0 Å². The van der Waals surface area contributed by atoms with Crippen LogP contribution in [0.2, 0.25) is 0 Å². The summed E-state index contributed by atoms with van der Waals surface area (Å²) < 4.78 is 10.8. The molecule has 0 bridgehead atoms. The van der Waals surface area contributed by atoms with Gasteiger partial charge < -0.3 is 14.6 Å². The van der Waals surface area contributed by atoms with E-state index >= 15 is 0 Å². The first-order chi connectivity index (χ1) is 10.6. The Bertz CT molecular complexity index is 383. The van der Waals surface area contributed by atoms with Crippen LogP contribution in [-0.4, -0.2) is 35.5 Å². The van der Waals surface area contributed by atoms with Gasteiger partial charge in [-0.05, 0) is 50.4 Å². The Labute approximate surface area is 133 Å². The highest BCUT2D eigenvalue weighted by Gasteiger charge is 2.43. The van der Waals surface area contributed by atoms with Crippen LogP contribution >= 0.6 is 0 Å². The molecule has 6 atom stereocenters. The minimum atomic E-state index is -0.468. The van der Waals surface area contributed by atoms with Gasteiger partial charge in [0.05, 0.1) is 18.3 Å². The van der Waals surface area contributed by atoms with E-state index in [0.29, 0.717) is 18.1 Å². The number of esters is 1. The summed E-state index contributed by atoms with van der Waals surface area (Å²) in [5.41, 5.74) is 0. The Morgan fingerprint density at radius 1 is 1.05 bits per heavy atom. The Morgan fingerprint density at radius 2 is 1.73 bits per heavy atom. The largest absolute Gasteiger partial charge is 0.460 e. The smallest absolute Gasteiger partial charge is 0.302 e.